The Bertz CT molecular complexity index is 1280. The van der Waals surface area contributed by atoms with E-state index in [1.807, 2.05) is 18.2 Å². The molecule has 160 valence electrons. The van der Waals surface area contributed by atoms with E-state index < -0.39 is 10.0 Å². The molecule has 31 heavy (non-hydrogen) atoms. The molecule has 0 radical (unpaired) electrons. The van der Waals surface area contributed by atoms with E-state index in [0.29, 0.717) is 37.4 Å². The molecule has 0 aliphatic carbocycles. The van der Waals surface area contributed by atoms with E-state index in [4.69, 9.17) is 9.47 Å². The van der Waals surface area contributed by atoms with E-state index in [0.717, 1.165) is 28.4 Å². The van der Waals surface area contributed by atoms with Crippen molar-refractivity contribution in [3.05, 3.63) is 42.2 Å². The number of nitrogens with zero attached hydrogens (tertiary/aromatic N) is 4. The standard InChI is InChI=1S/C21H21N5O4S/c1-29-21-19(25-31(2,27)28)10-15(12-24-21)14-3-4-18-17(9-14)20(16(11-22)13-23-18)26-5-7-30-8-6-26/h3-4,9-10,12-13,25H,5-8H2,1-2H3. The maximum absolute atomic E-state index is 11.7. The summed E-state index contributed by atoms with van der Waals surface area (Å²) in [7, 11) is -2.08. The highest BCUT2D eigenvalue weighted by Crippen LogP contribution is 2.35. The van der Waals surface area contributed by atoms with Crippen LogP contribution in [0.2, 0.25) is 0 Å². The van der Waals surface area contributed by atoms with Gasteiger partial charge in [-0.1, -0.05) is 6.07 Å². The van der Waals surface area contributed by atoms with Gasteiger partial charge < -0.3 is 14.4 Å². The highest BCUT2D eigenvalue weighted by molar-refractivity contribution is 7.92. The van der Waals surface area contributed by atoms with E-state index in [9.17, 15) is 13.7 Å². The Morgan fingerprint density at radius 1 is 1.16 bits per heavy atom. The molecule has 0 spiro atoms. The van der Waals surface area contributed by atoms with Crippen LogP contribution in [0.15, 0.2) is 36.7 Å². The van der Waals surface area contributed by atoms with Crippen molar-refractivity contribution < 1.29 is 17.9 Å². The predicted molar refractivity (Wildman–Crippen MR) is 118 cm³/mol. The van der Waals surface area contributed by atoms with Gasteiger partial charge in [-0.25, -0.2) is 13.4 Å². The number of pyridine rings is 2. The molecular weight excluding hydrogens is 418 g/mol. The zero-order valence-corrected chi connectivity index (χ0v) is 17.9. The summed E-state index contributed by atoms with van der Waals surface area (Å²) in [6.45, 7) is 2.56. The largest absolute Gasteiger partial charge is 0.480 e. The second kappa shape index (κ2) is 8.37. The lowest BCUT2D eigenvalue weighted by atomic mass is 10.0. The average molecular weight is 439 g/mol. The van der Waals surface area contributed by atoms with Crippen LogP contribution in [0.1, 0.15) is 5.56 Å². The monoisotopic (exact) mass is 439 g/mol. The summed E-state index contributed by atoms with van der Waals surface area (Å²) >= 11 is 0. The molecule has 0 atom stereocenters. The van der Waals surface area contributed by atoms with E-state index >= 15 is 0 Å². The van der Waals surface area contributed by atoms with Gasteiger partial charge >= 0.3 is 0 Å². The number of morpholine rings is 1. The Kier molecular flexibility index (Phi) is 5.63. The van der Waals surface area contributed by atoms with Gasteiger partial charge in [-0.2, -0.15) is 5.26 Å². The Hall–Kier alpha value is -3.42. The molecule has 4 rings (SSSR count). The molecule has 0 unspecified atom stereocenters. The van der Waals surface area contributed by atoms with Crippen molar-refractivity contribution >= 4 is 32.3 Å². The molecule has 2 aromatic heterocycles. The molecule has 10 heteroatoms. The number of aromatic nitrogens is 2. The molecule has 3 heterocycles. The van der Waals surface area contributed by atoms with Crippen molar-refractivity contribution in [2.75, 3.05) is 49.3 Å². The number of anilines is 2. The van der Waals surface area contributed by atoms with E-state index in [1.165, 1.54) is 7.11 Å². The van der Waals surface area contributed by atoms with Gasteiger partial charge in [-0.3, -0.25) is 9.71 Å². The normalized spacial score (nSPS) is 14.3. The second-order valence-electron chi connectivity index (χ2n) is 7.12. The molecule has 1 aromatic carbocycles. The first-order valence-corrected chi connectivity index (χ1v) is 11.5. The van der Waals surface area contributed by atoms with Gasteiger partial charge in [0.05, 0.1) is 43.3 Å². The lowest BCUT2D eigenvalue weighted by Gasteiger charge is -2.30. The summed E-state index contributed by atoms with van der Waals surface area (Å²) in [5.74, 6) is 0.178. The minimum Gasteiger partial charge on any atom is -0.480 e. The summed E-state index contributed by atoms with van der Waals surface area (Å²) in [5, 5.41) is 10.5. The SMILES string of the molecule is COc1ncc(-c2ccc3ncc(C#N)c(N4CCOCC4)c3c2)cc1NS(C)(=O)=O. The zero-order valence-electron chi connectivity index (χ0n) is 17.1. The second-order valence-corrected chi connectivity index (χ2v) is 8.87. The Morgan fingerprint density at radius 2 is 1.94 bits per heavy atom. The lowest BCUT2D eigenvalue weighted by Crippen LogP contribution is -2.36. The van der Waals surface area contributed by atoms with Crippen molar-refractivity contribution in [1.29, 1.82) is 5.26 Å². The van der Waals surface area contributed by atoms with Gasteiger partial charge in [0.15, 0.2) is 0 Å². The van der Waals surface area contributed by atoms with Gasteiger partial charge in [-0.15, -0.1) is 0 Å². The van der Waals surface area contributed by atoms with Crippen LogP contribution in [0, 0.1) is 11.3 Å². The third kappa shape index (κ3) is 4.38. The van der Waals surface area contributed by atoms with Crippen LogP contribution in [0.25, 0.3) is 22.0 Å². The fourth-order valence-electron chi connectivity index (χ4n) is 3.61. The first-order valence-electron chi connectivity index (χ1n) is 9.57. The van der Waals surface area contributed by atoms with Crippen LogP contribution < -0.4 is 14.4 Å². The summed E-state index contributed by atoms with van der Waals surface area (Å²) in [4.78, 5) is 10.8. The third-order valence-electron chi connectivity index (χ3n) is 4.96. The molecule has 1 fully saturated rings. The van der Waals surface area contributed by atoms with Crippen LogP contribution in [-0.4, -0.2) is 58.1 Å². The smallest absolute Gasteiger partial charge is 0.238 e. The molecule has 0 bridgehead atoms. The first-order chi connectivity index (χ1) is 14.9. The quantitative estimate of drug-likeness (QED) is 0.644. The van der Waals surface area contributed by atoms with Gasteiger partial charge in [0, 0.05) is 36.4 Å². The molecule has 0 amide bonds. The maximum Gasteiger partial charge on any atom is 0.238 e. The van der Waals surface area contributed by atoms with E-state index in [1.54, 1.807) is 18.5 Å². The maximum atomic E-state index is 11.7. The number of fused-ring (bicyclic) bond motifs is 1. The minimum atomic E-state index is -3.51. The van der Waals surface area contributed by atoms with E-state index in [2.05, 4.69) is 25.7 Å². The van der Waals surface area contributed by atoms with Crippen LogP contribution in [0.3, 0.4) is 0 Å². The fraction of sp³-hybridized carbons (Fsp3) is 0.286. The summed E-state index contributed by atoms with van der Waals surface area (Å²) in [5.41, 5.74) is 3.85. The van der Waals surface area contributed by atoms with Crippen LogP contribution in [0.5, 0.6) is 5.88 Å². The molecule has 1 aliphatic rings. The van der Waals surface area contributed by atoms with Gasteiger partial charge in [-0.05, 0) is 23.8 Å². The Labute approximate surface area is 180 Å². The molecular formula is C21H21N5O4S. The van der Waals surface area contributed by atoms with Crippen molar-refractivity contribution in [1.82, 2.24) is 9.97 Å². The Morgan fingerprint density at radius 3 is 2.61 bits per heavy atom. The van der Waals surface area contributed by atoms with Crippen molar-refractivity contribution in [2.24, 2.45) is 0 Å². The van der Waals surface area contributed by atoms with Crippen molar-refractivity contribution in [3.8, 4) is 23.1 Å². The van der Waals surface area contributed by atoms with E-state index in [-0.39, 0.29) is 11.6 Å². The predicted octanol–water partition coefficient (Wildman–Crippen LogP) is 2.39. The van der Waals surface area contributed by atoms with Gasteiger partial charge in [0.1, 0.15) is 11.8 Å². The molecule has 1 aliphatic heterocycles. The summed E-state index contributed by atoms with van der Waals surface area (Å²) < 4.78 is 36.5. The number of methoxy groups -OCH3 is 1. The van der Waals surface area contributed by atoms with Crippen LogP contribution >= 0.6 is 0 Å². The lowest BCUT2D eigenvalue weighted by molar-refractivity contribution is 0.123. The molecule has 3 aromatic rings. The highest BCUT2D eigenvalue weighted by atomic mass is 32.2. The van der Waals surface area contributed by atoms with Crippen LogP contribution in [0.4, 0.5) is 11.4 Å². The Balaban J connectivity index is 1.86. The van der Waals surface area contributed by atoms with Crippen LogP contribution in [-0.2, 0) is 14.8 Å². The number of sulfonamides is 1. The minimum absolute atomic E-state index is 0.178. The number of hydrogen-bond acceptors (Lipinski definition) is 8. The zero-order chi connectivity index (χ0) is 22.0. The topological polar surface area (TPSA) is 117 Å². The number of nitrogens with one attached hydrogen (secondary N) is 1. The number of benzene rings is 1. The summed E-state index contributed by atoms with van der Waals surface area (Å²) in [6, 6.07) is 9.63. The van der Waals surface area contributed by atoms with Crippen molar-refractivity contribution in [2.45, 2.75) is 0 Å². The number of hydrogen-bond donors (Lipinski definition) is 1. The number of ether oxygens (including phenoxy) is 2. The highest BCUT2D eigenvalue weighted by Gasteiger charge is 2.19. The fourth-order valence-corrected chi connectivity index (χ4v) is 4.16. The summed E-state index contributed by atoms with van der Waals surface area (Å²) in [6.07, 6.45) is 4.28. The molecule has 0 saturated carbocycles. The van der Waals surface area contributed by atoms with Gasteiger partial charge in [0.25, 0.3) is 0 Å². The van der Waals surface area contributed by atoms with Crippen molar-refractivity contribution in [3.63, 3.8) is 0 Å². The third-order valence-corrected chi connectivity index (χ3v) is 5.55. The first kappa shape index (κ1) is 20.8. The molecule has 1 saturated heterocycles. The van der Waals surface area contributed by atoms with Gasteiger partial charge in [0.2, 0.25) is 15.9 Å². The average Bonchev–Trinajstić information content (AvgIpc) is 2.77. The molecule has 9 nitrogen and oxygen atoms in total. The number of nitriles is 1. The molecule has 1 N–H and O–H groups in total. The number of rotatable bonds is 5.